The molecule has 1 N–H and O–H groups in total. The molecule has 1 saturated carbocycles. The summed E-state index contributed by atoms with van der Waals surface area (Å²) in [5, 5.41) is 3.75. The third kappa shape index (κ3) is 2.82. The van der Waals surface area contributed by atoms with Crippen LogP contribution in [0.3, 0.4) is 0 Å². The van der Waals surface area contributed by atoms with Crippen LogP contribution in [0.5, 0.6) is 0 Å². The quantitative estimate of drug-likeness (QED) is 0.921. The second-order valence-electron chi connectivity index (χ2n) is 6.94. The Balaban J connectivity index is 1.40. The molecule has 3 heteroatoms. The fourth-order valence-corrected chi connectivity index (χ4v) is 3.92. The molecule has 2 aliphatic heterocycles. The minimum Gasteiger partial charge on any atom is -0.376 e. The monoisotopic (exact) mass is 286 g/mol. The highest BCUT2D eigenvalue weighted by Crippen LogP contribution is 2.38. The van der Waals surface area contributed by atoms with Gasteiger partial charge in [-0.1, -0.05) is 12.1 Å². The van der Waals surface area contributed by atoms with Gasteiger partial charge in [0, 0.05) is 38.5 Å². The van der Waals surface area contributed by atoms with Crippen LogP contribution in [-0.4, -0.2) is 32.3 Å². The molecule has 2 atom stereocenters. The molecule has 21 heavy (non-hydrogen) atoms. The maximum atomic E-state index is 5.91. The summed E-state index contributed by atoms with van der Waals surface area (Å²) in [6, 6.07) is 7.56. The average Bonchev–Trinajstić information content (AvgIpc) is 3.24. The number of fused-ring (bicyclic) bond motifs is 1. The van der Waals surface area contributed by atoms with Gasteiger partial charge in [-0.15, -0.1) is 0 Å². The van der Waals surface area contributed by atoms with Crippen molar-refractivity contribution in [2.24, 2.45) is 5.92 Å². The normalized spacial score (nSPS) is 28.7. The molecule has 1 aromatic carbocycles. The Kier molecular flexibility index (Phi) is 3.64. The third-order valence-electron chi connectivity index (χ3n) is 5.29. The molecule has 1 aliphatic carbocycles. The molecule has 2 unspecified atom stereocenters. The van der Waals surface area contributed by atoms with Crippen molar-refractivity contribution in [2.45, 2.75) is 50.8 Å². The van der Waals surface area contributed by atoms with Crippen LogP contribution in [0.25, 0.3) is 0 Å². The van der Waals surface area contributed by atoms with E-state index in [0.29, 0.717) is 12.1 Å². The fourth-order valence-electron chi connectivity index (χ4n) is 3.92. The Bertz CT molecular complexity index is 512. The van der Waals surface area contributed by atoms with Crippen molar-refractivity contribution in [1.82, 2.24) is 5.32 Å². The van der Waals surface area contributed by atoms with Gasteiger partial charge in [-0.05, 0) is 55.2 Å². The molecule has 2 fully saturated rings. The smallest absolute Gasteiger partial charge is 0.0757 e. The van der Waals surface area contributed by atoms with E-state index in [1.807, 2.05) is 0 Å². The predicted molar refractivity (Wildman–Crippen MR) is 85.7 cm³/mol. The van der Waals surface area contributed by atoms with E-state index >= 15 is 0 Å². The SMILES string of the molecule is CN1CCCc2cc(CNC3CCOC3C3CC3)ccc21. The van der Waals surface area contributed by atoms with Gasteiger partial charge in [0.25, 0.3) is 0 Å². The van der Waals surface area contributed by atoms with E-state index in [2.05, 4.69) is 35.5 Å². The van der Waals surface area contributed by atoms with E-state index in [1.54, 1.807) is 0 Å². The number of hydrogen-bond acceptors (Lipinski definition) is 3. The molecule has 1 aromatic rings. The Morgan fingerprint density at radius 1 is 1.29 bits per heavy atom. The Hall–Kier alpha value is -1.06. The van der Waals surface area contributed by atoms with E-state index < -0.39 is 0 Å². The number of nitrogens with one attached hydrogen (secondary N) is 1. The number of anilines is 1. The van der Waals surface area contributed by atoms with Gasteiger partial charge in [-0.25, -0.2) is 0 Å². The van der Waals surface area contributed by atoms with Crippen molar-refractivity contribution in [2.75, 3.05) is 25.1 Å². The minimum absolute atomic E-state index is 0.480. The summed E-state index contributed by atoms with van der Waals surface area (Å²) < 4.78 is 5.91. The van der Waals surface area contributed by atoms with E-state index in [1.165, 1.54) is 55.5 Å². The molecule has 0 spiro atoms. The molecular formula is C18H26N2O. The van der Waals surface area contributed by atoms with Crippen molar-refractivity contribution in [1.29, 1.82) is 0 Å². The van der Waals surface area contributed by atoms with Crippen molar-refractivity contribution < 1.29 is 4.74 Å². The van der Waals surface area contributed by atoms with Gasteiger partial charge in [0.2, 0.25) is 0 Å². The summed E-state index contributed by atoms with van der Waals surface area (Å²) in [6.45, 7) is 3.11. The van der Waals surface area contributed by atoms with Crippen molar-refractivity contribution in [3.8, 4) is 0 Å². The molecule has 4 rings (SSSR count). The van der Waals surface area contributed by atoms with Gasteiger partial charge in [-0.3, -0.25) is 0 Å². The third-order valence-corrected chi connectivity index (χ3v) is 5.29. The summed E-state index contributed by atoms with van der Waals surface area (Å²) in [5.74, 6) is 0.835. The van der Waals surface area contributed by atoms with Gasteiger partial charge in [-0.2, -0.15) is 0 Å². The van der Waals surface area contributed by atoms with Crippen LogP contribution in [0.15, 0.2) is 18.2 Å². The van der Waals surface area contributed by atoms with Crippen LogP contribution in [0.1, 0.15) is 36.8 Å². The highest BCUT2D eigenvalue weighted by Gasteiger charge is 2.40. The molecule has 114 valence electrons. The highest BCUT2D eigenvalue weighted by atomic mass is 16.5. The predicted octanol–water partition coefficient (Wildman–Crippen LogP) is 2.73. The molecular weight excluding hydrogens is 260 g/mol. The van der Waals surface area contributed by atoms with Crippen molar-refractivity contribution in [3.63, 3.8) is 0 Å². The van der Waals surface area contributed by atoms with E-state index in [9.17, 15) is 0 Å². The second kappa shape index (κ2) is 5.62. The van der Waals surface area contributed by atoms with Crippen LogP contribution in [0.2, 0.25) is 0 Å². The summed E-state index contributed by atoms with van der Waals surface area (Å²) in [7, 11) is 2.20. The maximum absolute atomic E-state index is 5.91. The summed E-state index contributed by atoms with van der Waals surface area (Å²) in [4.78, 5) is 2.38. The number of hydrogen-bond donors (Lipinski definition) is 1. The van der Waals surface area contributed by atoms with E-state index in [-0.39, 0.29) is 0 Å². The lowest BCUT2D eigenvalue weighted by atomic mass is 9.99. The first-order chi connectivity index (χ1) is 10.3. The summed E-state index contributed by atoms with van der Waals surface area (Å²) >= 11 is 0. The molecule has 2 heterocycles. The summed E-state index contributed by atoms with van der Waals surface area (Å²) in [5.41, 5.74) is 4.36. The molecule has 3 nitrogen and oxygen atoms in total. The lowest BCUT2D eigenvalue weighted by Crippen LogP contribution is -2.37. The maximum Gasteiger partial charge on any atom is 0.0757 e. The first-order valence-corrected chi connectivity index (χ1v) is 8.49. The number of rotatable bonds is 4. The van der Waals surface area contributed by atoms with Crippen LogP contribution in [-0.2, 0) is 17.7 Å². The number of nitrogens with zero attached hydrogens (tertiary/aromatic N) is 1. The first-order valence-electron chi connectivity index (χ1n) is 8.49. The Morgan fingerprint density at radius 2 is 2.19 bits per heavy atom. The highest BCUT2D eigenvalue weighted by molar-refractivity contribution is 5.56. The molecule has 0 radical (unpaired) electrons. The minimum atomic E-state index is 0.480. The van der Waals surface area contributed by atoms with Crippen molar-refractivity contribution >= 4 is 5.69 Å². The van der Waals surface area contributed by atoms with Crippen LogP contribution in [0.4, 0.5) is 5.69 Å². The molecule has 0 bridgehead atoms. The Morgan fingerprint density at radius 3 is 3.05 bits per heavy atom. The molecule has 0 aromatic heterocycles. The van der Waals surface area contributed by atoms with Gasteiger partial charge in [0.15, 0.2) is 0 Å². The zero-order valence-electron chi connectivity index (χ0n) is 13.0. The number of ether oxygens (including phenoxy) is 1. The molecule has 3 aliphatic rings. The van der Waals surface area contributed by atoms with Gasteiger partial charge < -0.3 is 15.0 Å². The van der Waals surface area contributed by atoms with Gasteiger partial charge >= 0.3 is 0 Å². The summed E-state index contributed by atoms with van der Waals surface area (Å²) in [6.07, 6.45) is 6.90. The van der Waals surface area contributed by atoms with E-state index in [4.69, 9.17) is 4.74 Å². The topological polar surface area (TPSA) is 24.5 Å². The molecule has 1 saturated heterocycles. The largest absolute Gasteiger partial charge is 0.376 e. The van der Waals surface area contributed by atoms with E-state index in [0.717, 1.165) is 19.1 Å². The second-order valence-corrected chi connectivity index (χ2v) is 6.94. The van der Waals surface area contributed by atoms with Crippen LogP contribution in [0, 0.1) is 5.92 Å². The molecule has 0 amide bonds. The van der Waals surface area contributed by atoms with Crippen LogP contribution >= 0.6 is 0 Å². The fraction of sp³-hybridized carbons (Fsp3) is 0.667. The standard InChI is InChI=1S/C18H26N2O/c1-20-9-2-3-15-11-13(4-7-17(15)20)12-19-16-8-10-21-18(16)14-5-6-14/h4,7,11,14,16,18-19H,2-3,5-6,8-10,12H2,1H3. The number of aryl methyl sites for hydroxylation is 1. The zero-order chi connectivity index (χ0) is 14.2. The lowest BCUT2D eigenvalue weighted by Gasteiger charge is -2.28. The average molecular weight is 286 g/mol. The Labute approximate surface area is 127 Å². The first kappa shape index (κ1) is 13.6. The van der Waals surface area contributed by atoms with Gasteiger partial charge in [0.1, 0.15) is 0 Å². The number of benzene rings is 1. The van der Waals surface area contributed by atoms with Crippen LogP contribution < -0.4 is 10.2 Å². The lowest BCUT2D eigenvalue weighted by molar-refractivity contribution is 0.0809. The van der Waals surface area contributed by atoms with Crippen molar-refractivity contribution in [3.05, 3.63) is 29.3 Å². The van der Waals surface area contributed by atoms with Gasteiger partial charge in [0.05, 0.1) is 6.10 Å². The zero-order valence-corrected chi connectivity index (χ0v) is 13.0.